The average molecular weight is 280 g/mol. The van der Waals surface area contributed by atoms with Gasteiger partial charge in [-0.15, -0.1) is 0 Å². The summed E-state index contributed by atoms with van der Waals surface area (Å²) in [4.78, 5) is 6.95. The zero-order valence-corrected chi connectivity index (χ0v) is 10.3. The Morgan fingerprint density at radius 2 is 1.95 bits per heavy atom. The summed E-state index contributed by atoms with van der Waals surface area (Å²) in [6.45, 7) is 0. The van der Waals surface area contributed by atoms with E-state index < -0.39 is 11.6 Å². The number of aromatic amines is 1. The highest BCUT2D eigenvalue weighted by Crippen LogP contribution is 2.27. The molecule has 0 bridgehead atoms. The summed E-state index contributed by atoms with van der Waals surface area (Å²) in [5.41, 5.74) is 7.08. The SMILES string of the molecule is Nc1ccc(-c2nc3c(F)c(F)ccc3[nH]2)cc1Cl. The highest BCUT2D eigenvalue weighted by atomic mass is 35.5. The third-order valence-corrected chi connectivity index (χ3v) is 3.15. The monoisotopic (exact) mass is 279 g/mol. The first-order valence-corrected chi connectivity index (χ1v) is 5.83. The molecule has 96 valence electrons. The molecule has 0 saturated heterocycles. The van der Waals surface area contributed by atoms with E-state index in [1.54, 1.807) is 18.2 Å². The molecule has 3 N–H and O–H groups in total. The summed E-state index contributed by atoms with van der Waals surface area (Å²) < 4.78 is 26.7. The number of aromatic nitrogens is 2. The Bertz CT molecular complexity index is 783. The largest absolute Gasteiger partial charge is 0.398 e. The highest BCUT2D eigenvalue weighted by Gasteiger charge is 2.13. The number of imidazole rings is 1. The van der Waals surface area contributed by atoms with Gasteiger partial charge in [0.2, 0.25) is 0 Å². The van der Waals surface area contributed by atoms with Crippen molar-refractivity contribution in [3.05, 3.63) is 47.0 Å². The summed E-state index contributed by atoms with van der Waals surface area (Å²) in [7, 11) is 0. The smallest absolute Gasteiger partial charge is 0.186 e. The van der Waals surface area contributed by atoms with E-state index in [0.717, 1.165) is 6.07 Å². The molecule has 6 heteroatoms. The molecule has 2 aromatic carbocycles. The van der Waals surface area contributed by atoms with E-state index in [-0.39, 0.29) is 5.52 Å². The molecule has 0 unspecified atom stereocenters. The van der Waals surface area contributed by atoms with Gasteiger partial charge in [-0.25, -0.2) is 13.8 Å². The van der Waals surface area contributed by atoms with Crippen molar-refractivity contribution in [3.63, 3.8) is 0 Å². The van der Waals surface area contributed by atoms with Crippen LogP contribution in [0.25, 0.3) is 22.4 Å². The summed E-state index contributed by atoms with van der Waals surface area (Å²) in [6.07, 6.45) is 0. The van der Waals surface area contributed by atoms with Crippen LogP contribution in [-0.2, 0) is 0 Å². The lowest BCUT2D eigenvalue weighted by Crippen LogP contribution is -1.87. The second kappa shape index (κ2) is 4.20. The minimum Gasteiger partial charge on any atom is -0.398 e. The van der Waals surface area contributed by atoms with Crippen molar-refractivity contribution in [1.82, 2.24) is 9.97 Å². The zero-order chi connectivity index (χ0) is 13.6. The van der Waals surface area contributed by atoms with Crippen molar-refractivity contribution < 1.29 is 8.78 Å². The molecule has 1 aromatic heterocycles. The van der Waals surface area contributed by atoms with Gasteiger partial charge in [0.1, 0.15) is 11.3 Å². The fourth-order valence-electron chi connectivity index (χ4n) is 1.83. The van der Waals surface area contributed by atoms with Crippen LogP contribution in [0.15, 0.2) is 30.3 Å². The lowest BCUT2D eigenvalue weighted by Gasteiger charge is -2.00. The van der Waals surface area contributed by atoms with Gasteiger partial charge < -0.3 is 10.7 Å². The third kappa shape index (κ3) is 1.92. The van der Waals surface area contributed by atoms with Gasteiger partial charge >= 0.3 is 0 Å². The summed E-state index contributed by atoms with van der Waals surface area (Å²) in [6, 6.07) is 7.43. The maximum Gasteiger partial charge on any atom is 0.186 e. The van der Waals surface area contributed by atoms with Gasteiger partial charge in [-0.1, -0.05) is 11.6 Å². The van der Waals surface area contributed by atoms with Crippen LogP contribution in [0.1, 0.15) is 0 Å². The van der Waals surface area contributed by atoms with Crippen LogP contribution < -0.4 is 5.73 Å². The van der Waals surface area contributed by atoms with E-state index in [2.05, 4.69) is 9.97 Å². The van der Waals surface area contributed by atoms with Crippen LogP contribution in [0, 0.1) is 11.6 Å². The third-order valence-electron chi connectivity index (χ3n) is 2.82. The van der Waals surface area contributed by atoms with E-state index in [9.17, 15) is 8.78 Å². The van der Waals surface area contributed by atoms with Gasteiger partial charge in [-0.2, -0.15) is 0 Å². The topological polar surface area (TPSA) is 54.7 Å². The fraction of sp³-hybridized carbons (Fsp3) is 0. The number of nitrogens with one attached hydrogen (secondary N) is 1. The number of rotatable bonds is 1. The first kappa shape index (κ1) is 11.9. The zero-order valence-electron chi connectivity index (χ0n) is 9.55. The Kier molecular flexibility index (Phi) is 2.64. The number of halogens is 3. The summed E-state index contributed by atoms with van der Waals surface area (Å²) >= 11 is 5.92. The van der Waals surface area contributed by atoms with Crippen molar-refractivity contribution in [2.75, 3.05) is 5.73 Å². The van der Waals surface area contributed by atoms with Crippen molar-refractivity contribution in [2.45, 2.75) is 0 Å². The molecule has 0 amide bonds. The van der Waals surface area contributed by atoms with Gasteiger partial charge in [-0.3, -0.25) is 0 Å². The lowest BCUT2D eigenvalue weighted by atomic mass is 10.2. The Labute approximate surface area is 112 Å². The van der Waals surface area contributed by atoms with Crippen LogP contribution in [0.4, 0.5) is 14.5 Å². The van der Waals surface area contributed by atoms with Crippen LogP contribution in [0.5, 0.6) is 0 Å². The van der Waals surface area contributed by atoms with Gasteiger partial charge in [-0.05, 0) is 30.3 Å². The van der Waals surface area contributed by atoms with Crippen LogP contribution in [-0.4, -0.2) is 9.97 Å². The number of hydrogen-bond donors (Lipinski definition) is 2. The van der Waals surface area contributed by atoms with Crippen molar-refractivity contribution in [2.24, 2.45) is 0 Å². The Morgan fingerprint density at radius 3 is 2.68 bits per heavy atom. The van der Waals surface area contributed by atoms with Crippen LogP contribution >= 0.6 is 11.6 Å². The van der Waals surface area contributed by atoms with Gasteiger partial charge in [0.05, 0.1) is 16.2 Å². The lowest BCUT2D eigenvalue weighted by molar-refractivity contribution is 0.515. The maximum atomic E-state index is 13.6. The molecular weight excluding hydrogens is 272 g/mol. The molecule has 0 aliphatic carbocycles. The van der Waals surface area contributed by atoms with E-state index in [1.165, 1.54) is 6.07 Å². The normalized spacial score (nSPS) is 11.1. The first-order valence-electron chi connectivity index (χ1n) is 5.45. The van der Waals surface area contributed by atoms with Gasteiger partial charge in [0, 0.05) is 5.56 Å². The number of nitrogens with zero attached hydrogens (tertiary/aromatic N) is 1. The van der Waals surface area contributed by atoms with Crippen molar-refractivity contribution >= 4 is 28.3 Å². The van der Waals surface area contributed by atoms with E-state index in [4.69, 9.17) is 17.3 Å². The second-order valence-corrected chi connectivity index (χ2v) is 4.49. The Morgan fingerprint density at radius 1 is 1.16 bits per heavy atom. The average Bonchev–Trinajstić information content (AvgIpc) is 2.82. The van der Waals surface area contributed by atoms with Crippen LogP contribution in [0.2, 0.25) is 5.02 Å². The molecule has 0 aliphatic rings. The second-order valence-electron chi connectivity index (χ2n) is 4.08. The molecule has 0 spiro atoms. The van der Waals surface area contributed by atoms with Crippen molar-refractivity contribution in [1.29, 1.82) is 0 Å². The molecule has 3 aromatic rings. The van der Waals surface area contributed by atoms with Crippen molar-refractivity contribution in [3.8, 4) is 11.4 Å². The minimum absolute atomic E-state index is 0.0389. The molecule has 0 fully saturated rings. The maximum absolute atomic E-state index is 13.6. The van der Waals surface area contributed by atoms with Crippen LogP contribution in [0.3, 0.4) is 0 Å². The highest BCUT2D eigenvalue weighted by molar-refractivity contribution is 6.33. The fourth-order valence-corrected chi connectivity index (χ4v) is 2.01. The predicted molar refractivity (Wildman–Crippen MR) is 70.9 cm³/mol. The number of H-pyrrole nitrogens is 1. The summed E-state index contributed by atoms with van der Waals surface area (Å²) in [5, 5.41) is 0.379. The minimum atomic E-state index is -0.971. The molecule has 3 rings (SSSR count). The number of nitrogens with two attached hydrogens (primary N) is 1. The quantitative estimate of drug-likeness (QED) is 0.667. The molecule has 0 radical (unpaired) electrons. The molecule has 0 saturated carbocycles. The van der Waals surface area contributed by atoms with E-state index >= 15 is 0 Å². The Balaban J connectivity index is 2.20. The number of hydrogen-bond acceptors (Lipinski definition) is 2. The number of benzene rings is 2. The predicted octanol–water partition coefficient (Wildman–Crippen LogP) is 3.74. The van der Waals surface area contributed by atoms with Gasteiger partial charge in [0.25, 0.3) is 0 Å². The van der Waals surface area contributed by atoms with E-state index in [1.807, 2.05) is 0 Å². The summed E-state index contributed by atoms with van der Waals surface area (Å²) in [5.74, 6) is -1.50. The molecule has 1 heterocycles. The first-order chi connectivity index (χ1) is 9.06. The van der Waals surface area contributed by atoms with Gasteiger partial charge in [0.15, 0.2) is 11.6 Å². The molecule has 0 atom stereocenters. The number of nitrogen functional groups attached to an aromatic ring is 1. The standard InChI is InChI=1S/C13H8ClF2N3/c14-7-5-6(1-3-9(7)17)13-18-10-4-2-8(15)11(16)12(10)19-13/h1-5H,17H2,(H,18,19). The van der Waals surface area contributed by atoms with E-state index in [0.29, 0.717) is 27.6 Å². The Hall–Kier alpha value is -2.14. The molecule has 3 nitrogen and oxygen atoms in total. The number of anilines is 1. The molecular formula is C13H8ClF2N3. The molecule has 19 heavy (non-hydrogen) atoms. The number of fused-ring (bicyclic) bond motifs is 1. The molecule has 0 aliphatic heterocycles.